The molecule has 0 spiro atoms. The van der Waals surface area contributed by atoms with E-state index in [1.54, 1.807) is 13.8 Å². The molecule has 1 rings (SSSR count). The molecule has 0 aliphatic carbocycles. The zero-order valence-electron chi connectivity index (χ0n) is 10.5. The highest BCUT2D eigenvalue weighted by atomic mass is 19.1. The number of aromatic nitrogens is 1. The number of ether oxygens (including phenoxy) is 1. The number of amides is 1. The molecular weight excluding hydrogens is 239 g/mol. The predicted octanol–water partition coefficient (Wildman–Crippen LogP) is 1.15. The Morgan fingerprint density at radius 3 is 2.72 bits per heavy atom. The molecule has 1 heterocycles. The normalized spacial score (nSPS) is 10.9. The predicted molar refractivity (Wildman–Crippen MR) is 62.3 cm³/mol. The van der Waals surface area contributed by atoms with Crippen LogP contribution in [0.4, 0.5) is 4.39 Å². The first-order valence-electron chi connectivity index (χ1n) is 5.34. The van der Waals surface area contributed by atoms with Gasteiger partial charge < -0.3 is 10.1 Å². The summed E-state index contributed by atoms with van der Waals surface area (Å²) < 4.78 is 17.9. The highest BCUT2D eigenvalue weighted by Crippen LogP contribution is 2.15. The van der Waals surface area contributed by atoms with Crippen LogP contribution in [0, 0.1) is 11.2 Å². The summed E-state index contributed by atoms with van der Waals surface area (Å²) in [5.41, 5.74) is -0.973. The molecule has 0 radical (unpaired) electrons. The molecule has 0 unspecified atom stereocenters. The van der Waals surface area contributed by atoms with E-state index < -0.39 is 23.1 Å². The van der Waals surface area contributed by atoms with Crippen LogP contribution < -0.4 is 5.32 Å². The molecule has 5 nitrogen and oxygen atoms in total. The van der Waals surface area contributed by atoms with Crippen LogP contribution >= 0.6 is 0 Å². The third kappa shape index (κ3) is 3.26. The second-order valence-corrected chi connectivity index (χ2v) is 4.41. The summed E-state index contributed by atoms with van der Waals surface area (Å²) in [4.78, 5) is 26.6. The molecule has 1 aromatic rings. The number of carbonyl (C=O) groups is 2. The minimum absolute atomic E-state index is 0.0558. The summed E-state index contributed by atoms with van der Waals surface area (Å²) in [5, 5.41) is 2.49. The average molecular weight is 254 g/mol. The van der Waals surface area contributed by atoms with Gasteiger partial charge in [0, 0.05) is 12.7 Å². The monoisotopic (exact) mass is 254 g/mol. The van der Waals surface area contributed by atoms with E-state index in [9.17, 15) is 14.0 Å². The Labute approximate surface area is 104 Å². The summed E-state index contributed by atoms with van der Waals surface area (Å²) in [5.74, 6) is -1.74. The molecule has 0 aliphatic rings. The van der Waals surface area contributed by atoms with Crippen molar-refractivity contribution < 1.29 is 18.7 Å². The lowest BCUT2D eigenvalue weighted by molar-refractivity contribution is -0.150. The SMILES string of the molecule is COC(=O)C(C)(C)CNC(=O)c1ccncc1F. The van der Waals surface area contributed by atoms with Crippen LogP contribution in [-0.2, 0) is 9.53 Å². The number of nitrogens with zero attached hydrogens (tertiary/aromatic N) is 1. The van der Waals surface area contributed by atoms with Crippen LogP contribution in [0.5, 0.6) is 0 Å². The summed E-state index contributed by atoms with van der Waals surface area (Å²) in [7, 11) is 1.27. The lowest BCUT2D eigenvalue weighted by atomic mass is 9.93. The molecule has 98 valence electrons. The minimum Gasteiger partial charge on any atom is -0.469 e. The Kier molecular flexibility index (Phi) is 4.36. The van der Waals surface area contributed by atoms with Crippen molar-refractivity contribution in [3.8, 4) is 0 Å². The summed E-state index contributed by atoms with van der Waals surface area (Å²) >= 11 is 0. The van der Waals surface area contributed by atoms with Crippen molar-refractivity contribution in [1.82, 2.24) is 10.3 Å². The van der Waals surface area contributed by atoms with E-state index in [0.717, 1.165) is 6.20 Å². The van der Waals surface area contributed by atoms with E-state index in [1.807, 2.05) is 0 Å². The van der Waals surface area contributed by atoms with Gasteiger partial charge in [0.15, 0.2) is 5.82 Å². The Morgan fingerprint density at radius 2 is 2.17 bits per heavy atom. The molecule has 1 N–H and O–H groups in total. The van der Waals surface area contributed by atoms with Crippen LogP contribution in [0.15, 0.2) is 18.5 Å². The van der Waals surface area contributed by atoms with E-state index in [0.29, 0.717) is 0 Å². The quantitative estimate of drug-likeness (QED) is 0.818. The summed E-state index contributed by atoms with van der Waals surface area (Å²) in [6, 6.07) is 1.27. The van der Waals surface area contributed by atoms with Crippen molar-refractivity contribution >= 4 is 11.9 Å². The van der Waals surface area contributed by atoms with Crippen LogP contribution in [-0.4, -0.2) is 30.5 Å². The van der Waals surface area contributed by atoms with Crippen LogP contribution in [0.1, 0.15) is 24.2 Å². The first kappa shape index (κ1) is 14.1. The van der Waals surface area contributed by atoms with Crippen molar-refractivity contribution in [2.45, 2.75) is 13.8 Å². The van der Waals surface area contributed by atoms with Crippen molar-refractivity contribution in [2.75, 3.05) is 13.7 Å². The highest BCUT2D eigenvalue weighted by molar-refractivity contribution is 5.94. The number of rotatable bonds is 4. The van der Waals surface area contributed by atoms with E-state index in [1.165, 1.54) is 19.4 Å². The van der Waals surface area contributed by atoms with Gasteiger partial charge in [0.05, 0.1) is 24.3 Å². The zero-order chi connectivity index (χ0) is 13.8. The Bertz CT molecular complexity index is 460. The number of hydrogen-bond acceptors (Lipinski definition) is 4. The number of hydrogen-bond donors (Lipinski definition) is 1. The molecule has 0 bridgehead atoms. The first-order valence-corrected chi connectivity index (χ1v) is 5.34. The van der Waals surface area contributed by atoms with Gasteiger partial charge in [0.2, 0.25) is 0 Å². The molecular formula is C12H15FN2O3. The van der Waals surface area contributed by atoms with Gasteiger partial charge in [-0.25, -0.2) is 4.39 Å². The number of pyridine rings is 1. The van der Waals surface area contributed by atoms with Crippen molar-refractivity contribution in [3.63, 3.8) is 0 Å². The smallest absolute Gasteiger partial charge is 0.313 e. The van der Waals surface area contributed by atoms with Crippen molar-refractivity contribution in [3.05, 3.63) is 29.8 Å². The maximum absolute atomic E-state index is 13.3. The van der Waals surface area contributed by atoms with Crippen LogP contribution in [0.25, 0.3) is 0 Å². The van der Waals surface area contributed by atoms with Gasteiger partial charge in [0.1, 0.15) is 0 Å². The van der Waals surface area contributed by atoms with E-state index >= 15 is 0 Å². The van der Waals surface area contributed by atoms with Gasteiger partial charge in [-0.15, -0.1) is 0 Å². The number of carbonyl (C=O) groups excluding carboxylic acids is 2. The average Bonchev–Trinajstić information content (AvgIpc) is 2.35. The molecule has 0 atom stereocenters. The molecule has 6 heteroatoms. The molecule has 1 amide bonds. The van der Waals surface area contributed by atoms with Gasteiger partial charge in [-0.05, 0) is 19.9 Å². The lowest BCUT2D eigenvalue weighted by Crippen LogP contribution is -2.39. The maximum Gasteiger partial charge on any atom is 0.313 e. The van der Waals surface area contributed by atoms with Gasteiger partial charge >= 0.3 is 5.97 Å². The number of halogens is 1. The molecule has 0 saturated heterocycles. The first-order chi connectivity index (χ1) is 8.38. The zero-order valence-corrected chi connectivity index (χ0v) is 10.5. The van der Waals surface area contributed by atoms with E-state index in [4.69, 9.17) is 0 Å². The highest BCUT2D eigenvalue weighted by Gasteiger charge is 2.29. The van der Waals surface area contributed by atoms with Crippen molar-refractivity contribution in [1.29, 1.82) is 0 Å². The third-order valence-electron chi connectivity index (χ3n) is 2.45. The third-order valence-corrected chi connectivity index (χ3v) is 2.45. The van der Waals surface area contributed by atoms with Gasteiger partial charge in [-0.2, -0.15) is 0 Å². The number of nitrogens with one attached hydrogen (secondary N) is 1. The van der Waals surface area contributed by atoms with Crippen LogP contribution in [0.3, 0.4) is 0 Å². The van der Waals surface area contributed by atoms with Crippen molar-refractivity contribution in [2.24, 2.45) is 5.41 Å². The minimum atomic E-state index is -0.867. The fourth-order valence-electron chi connectivity index (χ4n) is 1.30. The fourth-order valence-corrected chi connectivity index (χ4v) is 1.30. The second-order valence-electron chi connectivity index (χ2n) is 4.41. The number of methoxy groups -OCH3 is 1. The summed E-state index contributed by atoms with van der Waals surface area (Å²) in [6.45, 7) is 3.31. The second kappa shape index (κ2) is 5.57. The molecule has 0 aliphatic heterocycles. The Morgan fingerprint density at radius 1 is 1.50 bits per heavy atom. The fraction of sp³-hybridized carbons (Fsp3) is 0.417. The van der Waals surface area contributed by atoms with E-state index in [-0.39, 0.29) is 12.1 Å². The molecule has 1 aromatic heterocycles. The van der Waals surface area contributed by atoms with Crippen LogP contribution in [0.2, 0.25) is 0 Å². The maximum atomic E-state index is 13.3. The lowest BCUT2D eigenvalue weighted by Gasteiger charge is -2.21. The molecule has 0 fully saturated rings. The largest absolute Gasteiger partial charge is 0.469 e. The topological polar surface area (TPSA) is 68.3 Å². The Balaban J connectivity index is 2.68. The standard InChI is InChI=1S/C12H15FN2O3/c1-12(2,11(17)18-3)7-15-10(16)8-4-5-14-6-9(8)13/h4-6H,7H2,1-3H3,(H,15,16). The Hall–Kier alpha value is -1.98. The van der Waals surface area contributed by atoms with Gasteiger partial charge in [-0.3, -0.25) is 14.6 Å². The van der Waals surface area contributed by atoms with Gasteiger partial charge in [-0.1, -0.05) is 0 Å². The van der Waals surface area contributed by atoms with Gasteiger partial charge in [0.25, 0.3) is 5.91 Å². The van der Waals surface area contributed by atoms with E-state index in [2.05, 4.69) is 15.0 Å². The molecule has 0 aromatic carbocycles. The number of esters is 1. The molecule has 0 saturated carbocycles. The molecule has 18 heavy (non-hydrogen) atoms. The summed E-state index contributed by atoms with van der Waals surface area (Å²) in [6.07, 6.45) is 2.28.